The van der Waals surface area contributed by atoms with Crippen molar-refractivity contribution in [1.29, 1.82) is 0 Å². The number of carbonyl (C=O) groups excluding carboxylic acids is 2. The highest BCUT2D eigenvalue weighted by molar-refractivity contribution is 6.01. The molecule has 0 unspecified atom stereocenters. The Morgan fingerprint density at radius 1 is 1.32 bits per heavy atom. The molecular formula is C17H21FN2O2. The molecule has 0 bridgehead atoms. The number of aryl methyl sites for hydroxylation is 2. The number of halogens is 1. The molecule has 5 heteroatoms. The van der Waals surface area contributed by atoms with Crippen molar-refractivity contribution in [2.45, 2.75) is 39.5 Å². The van der Waals surface area contributed by atoms with E-state index in [1.54, 1.807) is 20.0 Å². The molecule has 0 fully saturated rings. The van der Waals surface area contributed by atoms with Crippen molar-refractivity contribution in [2.75, 3.05) is 7.05 Å². The fourth-order valence-electron chi connectivity index (χ4n) is 2.60. The fourth-order valence-corrected chi connectivity index (χ4v) is 2.60. The van der Waals surface area contributed by atoms with Crippen LogP contribution in [0.3, 0.4) is 0 Å². The number of aromatic nitrogens is 1. The topological polar surface area (TPSA) is 62.0 Å². The molecule has 2 rings (SSSR count). The Bertz CT molecular complexity index is 719. The van der Waals surface area contributed by atoms with E-state index < -0.39 is 0 Å². The highest BCUT2D eigenvalue weighted by Crippen LogP contribution is 2.27. The van der Waals surface area contributed by atoms with Crippen LogP contribution < -0.4 is 5.32 Å². The predicted molar refractivity (Wildman–Crippen MR) is 84.6 cm³/mol. The second kappa shape index (κ2) is 6.73. The number of H-pyrrole nitrogens is 1. The van der Waals surface area contributed by atoms with E-state index in [9.17, 15) is 14.0 Å². The van der Waals surface area contributed by atoms with Gasteiger partial charge in [0.15, 0.2) is 0 Å². The Balaban J connectivity index is 2.41. The summed E-state index contributed by atoms with van der Waals surface area (Å²) in [6.45, 7) is 3.54. The van der Waals surface area contributed by atoms with Gasteiger partial charge in [0.25, 0.3) is 5.91 Å². The highest BCUT2D eigenvalue weighted by Gasteiger charge is 2.18. The maximum atomic E-state index is 13.7. The third-order valence-electron chi connectivity index (χ3n) is 3.92. The molecule has 2 N–H and O–H groups in total. The molecule has 118 valence electrons. The number of nitrogens with one attached hydrogen (secondary N) is 2. The number of carbonyl (C=O) groups is 2. The maximum absolute atomic E-state index is 13.7. The van der Waals surface area contributed by atoms with Crippen molar-refractivity contribution in [3.05, 3.63) is 34.8 Å². The lowest BCUT2D eigenvalue weighted by molar-refractivity contribution is -0.118. The van der Waals surface area contributed by atoms with Crippen LogP contribution >= 0.6 is 0 Å². The van der Waals surface area contributed by atoms with Gasteiger partial charge in [-0.25, -0.2) is 4.39 Å². The maximum Gasteiger partial charge on any atom is 0.267 e. The van der Waals surface area contributed by atoms with Crippen molar-refractivity contribution in [1.82, 2.24) is 10.3 Å². The number of hydrogen-bond donors (Lipinski definition) is 2. The van der Waals surface area contributed by atoms with E-state index in [1.807, 2.05) is 6.92 Å². The number of amides is 1. The Morgan fingerprint density at radius 3 is 2.68 bits per heavy atom. The monoisotopic (exact) mass is 304 g/mol. The van der Waals surface area contributed by atoms with Crippen LogP contribution in [0.5, 0.6) is 0 Å². The molecule has 1 heterocycles. The van der Waals surface area contributed by atoms with Crippen molar-refractivity contribution in [3.8, 4) is 0 Å². The molecule has 4 nitrogen and oxygen atoms in total. The summed E-state index contributed by atoms with van der Waals surface area (Å²) >= 11 is 0. The van der Waals surface area contributed by atoms with Crippen molar-refractivity contribution >= 4 is 22.6 Å². The Kier molecular flexibility index (Phi) is 4.96. The van der Waals surface area contributed by atoms with Gasteiger partial charge in [-0.2, -0.15) is 0 Å². The lowest BCUT2D eigenvalue weighted by Crippen LogP contribution is -2.19. The molecule has 1 amide bonds. The molecular weight excluding hydrogens is 283 g/mol. The fraction of sp³-hybridized carbons (Fsp3) is 0.412. The molecule has 0 aliphatic carbocycles. The second-order valence-electron chi connectivity index (χ2n) is 5.45. The van der Waals surface area contributed by atoms with Crippen LogP contribution in [0.2, 0.25) is 0 Å². The zero-order chi connectivity index (χ0) is 16.3. The van der Waals surface area contributed by atoms with E-state index in [0.717, 1.165) is 10.9 Å². The molecule has 0 saturated carbocycles. The molecule has 1 aromatic carbocycles. The van der Waals surface area contributed by atoms with Crippen LogP contribution in [0.1, 0.15) is 47.8 Å². The van der Waals surface area contributed by atoms with E-state index in [0.29, 0.717) is 42.5 Å². The summed E-state index contributed by atoms with van der Waals surface area (Å²) in [5, 5.41) is 3.44. The molecule has 0 radical (unpaired) electrons. The van der Waals surface area contributed by atoms with Crippen molar-refractivity contribution in [3.63, 3.8) is 0 Å². The van der Waals surface area contributed by atoms with E-state index >= 15 is 0 Å². The first-order valence-electron chi connectivity index (χ1n) is 7.52. The Hall–Kier alpha value is -2.17. The van der Waals surface area contributed by atoms with Crippen LogP contribution in [-0.4, -0.2) is 23.7 Å². The normalized spacial score (nSPS) is 10.9. The van der Waals surface area contributed by atoms with Gasteiger partial charge in [0.05, 0.1) is 0 Å². The third-order valence-corrected chi connectivity index (χ3v) is 3.92. The van der Waals surface area contributed by atoms with E-state index in [-0.39, 0.29) is 17.5 Å². The first-order chi connectivity index (χ1) is 10.5. The first kappa shape index (κ1) is 16.2. The summed E-state index contributed by atoms with van der Waals surface area (Å²) in [7, 11) is 1.56. The van der Waals surface area contributed by atoms with Gasteiger partial charge < -0.3 is 10.3 Å². The minimum absolute atomic E-state index is 0.212. The predicted octanol–water partition coefficient (Wildman–Crippen LogP) is 3.28. The zero-order valence-electron chi connectivity index (χ0n) is 13.2. The minimum Gasteiger partial charge on any atom is -0.354 e. The summed E-state index contributed by atoms with van der Waals surface area (Å²) in [4.78, 5) is 26.5. The highest BCUT2D eigenvalue weighted by atomic mass is 19.1. The van der Waals surface area contributed by atoms with E-state index in [4.69, 9.17) is 0 Å². The average Bonchev–Trinajstić information content (AvgIpc) is 2.84. The Labute approximate surface area is 129 Å². The van der Waals surface area contributed by atoms with Gasteiger partial charge >= 0.3 is 0 Å². The van der Waals surface area contributed by atoms with Crippen LogP contribution in [0.4, 0.5) is 4.39 Å². The standard InChI is InChI=1S/C17H21FN2O2/c1-4-11(21)6-5-7-12-13-8-10(2)14(18)9-15(13)20-16(12)17(22)19-3/h8-9,20H,4-7H2,1-3H3,(H,19,22). The summed E-state index contributed by atoms with van der Waals surface area (Å²) in [6, 6.07) is 3.17. The van der Waals surface area contributed by atoms with Gasteiger partial charge in [-0.15, -0.1) is 0 Å². The number of hydrogen-bond acceptors (Lipinski definition) is 2. The number of benzene rings is 1. The third kappa shape index (κ3) is 3.18. The Morgan fingerprint density at radius 2 is 2.05 bits per heavy atom. The summed E-state index contributed by atoms with van der Waals surface area (Å²) in [5.74, 6) is -0.320. The van der Waals surface area contributed by atoms with Gasteiger partial charge in [0.1, 0.15) is 17.3 Å². The van der Waals surface area contributed by atoms with Crippen molar-refractivity contribution < 1.29 is 14.0 Å². The first-order valence-corrected chi connectivity index (χ1v) is 7.52. The summed E-state index contributed by atoms with van der Waals surface area (Å²) < 4.78 is 13.7. The van der Waals surface area contributed by atoms with Crippen molar-refractivity contribution in [2.24, 2.45) is 0 Å². The summed E-state index contributed by atoms with van der Waals surface area (Å²) in [5.41, 5.74) is 2.45. The lowest BCUT2D eigenvalue weighted by atomic mass is 10.0. The minimum atomic E-state index is -0.301. The smallest absolute Gasteiger partial charge is 0.267 e. The molecule has 1 aromatic heterocycles. The lowest BCUT2D eigenvalue weighted by Gasteiger charge is -2.04. The summed E-state index contributed by atoms with van der Waals surface area (Å²) in [6.07, 6.45) is 2.32. The molecule has 0 atom stereocenters. The molecule has 0 aliphatic heterocycles. The average molecular weight is 304 g/mol. The van der Waals surface area contributed by atoms with Gasteiger partial charge in [0.2, 0.25) is 0 Å². The number of rotatable bonds is 6. The quantitative estimate of drug-likeness (QED) is 0.860. The molecule has 0 spiro atoms. The van der Waals surface area contributed by atoms with E-state index in [2.05, 4.69) is 10.3 Å². The number of ketones is 1. The molecule has 2 aromatic rings. The number of fused-ring (bicyclic) bond motifs is 1. The van der Waals surface area contributed by atoms with Crippen LogP contribution in [0.15, 0.2) is 12.1 Å². The van der Waals surface area contributed by atoms with Crippen LogP contribution in [0, 0.1) is 12.7 Å². The van der Waals surface area contributed by atoms with Crippen LogP contribution in [-0.2, 0) is 11.2 Å². The second-order valence-corrected chi connectivity index (χ2v) is 5.45. The van der Waals surface area contributed by atoms with Gasteiger partial charge in [-0.3, -0.25) is 9.59 Å². The van der Waals surface area contributed by atoms with Crippen LogP contribution in [0.25, 0.3) is 10.9 Å². The van der Waals surface area contributed by atoms with E-state index in [1.165, 1.54) is 6.07 Å². The van der Waals surface area contributed by atoms with Gasteiger partial charge in [-0.1, -0.05) is 6.92 Å². The zero-order valence-corrected chi connectivity index (χ0v) is 13.2. The SMILES string of the molecule is CCC(=O)CCCc1c(C(=O)NC)[nH]c2cc(F)c(C)cc12. The number of Topliss-reactive ketones (excluding diaryl/α,β-unsaturated/α-hetero) is 1. The van der Waals surface area contributed by atoms with Gasteiger partial charge in [-0.05, 0) is 43.0 Å². The molecule has 0 aliphatic rings. The van der Waals surface area contributed by atoms with Gasteiger partial charge in [0, 0.05) is 30.8 Å². The largest absolute Gasteiger partial charge is 0.354 e. The molecule has 0 saturated heterocycles. The molecule has 22 heavy (non-hydrogen) atoms. The number of aromatic amines is 1.